The zero-order valence-electron chi connectivity index (χ0n) is 8.98. The lowest BCUT2D eigenvalue weighted by Crippen LogP contribution is -2.13. The summed E-state index contributed by atoms with van der Waals surface area (Å²) in [6.45, 7) is 0.810. The Morgan fingerprint density at radius 1 is 1.73 bits per heavy atom. The fourth-order valence-corrected chi connectivity index (χ4v) is 1.92. The topological polar surface area (TPSA) is 44.1 Å². The van der Waals surface area contributed by atoms with Crippen LogP contribution in [0, 0.1) is 0 Å². The molecule has 0 bridgehead atoms. The second-order valence-electron chi connectivity index (χ2n) is 4.08. The van der Waals surface area contributed by atoms with Crippen LogP contribution in [0.1, 0.15) is 24.8 Å². The summed E-state index contributed by atoms with van der Waals surface area (Å²) in [5, 5.41) is 4.03. The molecule has 15 heavy (non-hydrogen) atoms. The van der Waals surface area contributed by atoms with E-state index in [4.69, 9.17) is 4.74 Å². The number of Topliss-reactive ketones (excluding diaryl/α,β-unsaturated/α-hetero) is 1. The summed E-state index contributed by atoms with van der Waals surface area (Å²) < 4.78 is 7.14. The lowest BCUT2D eigenvalue weighted by molar-refractivity contribution is -0.120. The first kappa shape index (κ1) is 10.4. The smallest absolute Gasteiger partial charge is 0.139 e. The van der Waals surface area contributed by atoms with Crippen molar-refractivity contribution in [3.05, 3.63) is 18.0 Å². The summed E-state index contributed by atoms with van der Waals surface area (Å²) in [6.07, 6.45) is 6.93. The van der Waals surface area contributed by atoms with Crippen LogP contribution >= 0.6 is 0 Å². The van der Waals surface area contributed by atoms with E-state index in [0.29, 0.717) is 12.8 Å². The van der Waals surface area contributed by atoms with Crippen molar-refractivity contribution in [2.75, 3.05) is 6.61 Å². The molecule has 2 rings (SSSR count). The lowest BCUT2D eigenvalue weighted by Gasteiger charge is -2.06. The van der Waals surface area contributed by atoms with Gasteiger partial charge in [0.05, 0.1) is 12.3 Å². The summed E-state index contributed by atoms with van der Waals surface area (Å²) in [6, 6.07) is 0. The highest BCUT2D eigenvalue weighted by Crippen LogP contribution is 2.16. The summed E-state index contributed by atoms with van der Waals surface area (Å²) in [5.74, 6) is 0.245. The number of aromatic nitrogens is 2. The van der Waals surface area contributed by atoms with Gasteiger partial charge >= 0.3 is 0 Å². The van der Waals surface area contributed by atoms with Gasteiger partial charge in [0.1, 0.15) is 5.78 Å². The van der Waals surface area contributed by atoms with Crippen molar-refractivity contribution in [2.24, 2.45) is 7.05 Å². The third-order valence-corrected chi connectivity index (χ3v) is 2.64. The minimum atomic E-state index is 0.161. The Morgan fingerprint density at radius 2 is 2.60 bits per heavy atom. The summed E-state index contributed by atoms with van der Waals surface area (Å²) >= 11 is 0. The van der Waals surface area contributed by atoms with Gasteiger partial charge in [-0.3, -0.25) is 9.48 Å². The Kier molecular flexibility index (Phi) is 3.16. The standard InChI is InChI=1S/C11H16N2O2/c1-13-8-9(7-12-13)5-10(14)6-11-3-2-4-15-11/h7-8,11H,2-6H2,1H3. The van der Waals surface area contributed by atoms with E-state index in [-0.39, 0.29) is 11.9 Å². The number of nitrogens with zero attached hydrogens (tertiary/aromatic N) is 2. The fourth-order valence-electron chi connectivity index (χ4n) is 1.92. The highest BCUT2D eigenvalue weighted by molar-refractivity contribution is 5.81. The van der Waals surface area contributed by atoms with Crippen LogP contribution in [-0.4, -0.2) is 28.3 Å². The van der Waals surface area contributed by atoms with Crippen LogP contribution in [0.5, 0.6) is 0 Å². The molecular formula is C11H16N2O2. The molecule has 0 radical (unpaired) electrons. The second-order valence-corrected chi connectivity index (χ2v) is 4.08. The largest absolute Gasteiger partial charge is 0.378 e. The van der Waals surface area contributed by atoms with Crippen molar-refractivity contribution in [2.45, 2.75) is 31.8 Å². The molecule has 1 aliphatic heterocycles. The number of carbonyl (C=O) groups excluding carboxylic acids is 1. The Balaban J connectivity index is 1.81. The monoisotopic (exact) mass is 208 g/mol. The SMILES string of the molecule is Cn1cc(CC(=O)CC2CCCO2)cn1. The normalized spacial score (nSPS) is 20.7. The number of ketones is 1. The van der Waals surface area contributed by atoms with Crippen LogP contribution in [0.15, 0.2) is 12.4 Å². The number of aryl methyl sites for hydroxylation is 1. The summed E-state index contributed by atoms with van der Waals surface area (Å²) in [5.41, 5.74) is 0.987. The summed E-state index contributed by atoms with van der Waals surface area (Å²) in [4.78, 5) is 11.7. The van der Waals surface area contributed by atoms with E-state index in [1.807, 2.05) is 13.2 Å². The van der Waals surface area contributed by atoms with E-state index in [1.165, 1.54) is 0 Å². The molecule has 0 N–H and O–H groups in total. The van der Waals surface area contributed by atoms with Gasteiger partial charge in [0.2, 0.25) is 0 Å². The van der Waals surface area contributed by atoms with E-state index in [9.17, 15) is 4.79 Å². The molecule has 0 amide bonds. The second kappa shape index (κ2) is 4.57. The van der Waals surface area contributed by atoms with E-state index in [1.54, 1.807) is 10.9 Å². The molecule has 1 fully saturated rings. The van der Waals surface area contributed by atoms with Crippen molar-refractivity contribution in [1.29, 1.82) is 0 Å². The number of carbonyl (C=O) groups is 1. The van der Waals surface area contributed by atoms with Gasteiger partial charge in [-0.25, -0.2) is 0 Å². The first-order chi connectivity index (χ1) is 7.24. The number of hydrogen-bond acceptors (Lipinski definition) is 3. The minimum Gasteiger partial charge on any atom is -0.378 e. The molecular weight excluding hydrogens is 192 g/mol. The van der Waals surface area contributed by atoms with E-state index < -0.39 is 0 Å². The van der Waals surface area contributed by atoms with Gasteiger partial charge in [-0.15, -0.1) is 0 Å². The first-order valence-electron chi connectivity index (χ1n) is 5.35. The molecule has 0 spiro atoms. The van der Waals surface area contributed by atoms with Crippen LogP contribution in [0.3, 0.4) is 0 Å². The molecule has 4 nitrogen and oxygen atoms in total. The van der Waals surface area contributed by atoms with Crippen LogP contribution in [0.2, 0.25) is 0 Å². The van der Waals surface area contributed by atoms with Crippen molar-refractivity contribution in [3.63, 3.8) is 0 Å². The van der Waals surface area contributed by atoms with E-state index >= 15 is 0 Å². The molecule has 0 aliphatic carbocycles. The molecule has 0 saturated carbocycles. The zero-order valence-corrected chi connectivity index (χ0v) is 8.98. The molecule has 4 heteroatoms. The highest BCUT2D eigenvalue weighted by atomic mass is 16.5. The van der Waals surface area contributed by atoms with Crippen LogP contribution in [0.25, 0.3) is 0 Å². The minimum absolute atomic E-state index is 0.161. The Hall–Kier alpha value is -1.16. The van der Waals surface area contributed by atoms with Gasteiger partial charge in [0.15, 0.2) is 0 Å². The average Bonchev–Trinajstić information content (AvgIpc) is 2.77. The molecule has 1 aliphatic rings. The third kappa shape index (κ3) is 2.89. The van der Waals surface area contributed by atoms with Gasteiger partial charge in [0, 0.05) is 32.7 Å². The third-order valence-electron chi connectivity index (χ3n) is 2.64. The Morgan fingerprint density at radius 3 is 3.20 bits per heavy atom. The number of rotatable bonds is 4. The Labute approximate surface area is 89.2 Å². The van der Waals surface area contributed by atoms with E-state index in [0.717, 1.165) is 25.0 Å². The maximum Gasteiger partial charge on any atom is 0.139 e. The van der Waals surface area contributed by atoms with Crippen molar-refractivity contribution in [3.8, 4) is 0 Å². The molecule has 1 aromatic heterocycles. The van der Waals surface area contributed by atoms with Gasteiger partial charge < -0.3 is 4.74 Å². The van der Waals surface area contributed by atoms with Crippen molar-refractivity contribution in [1.82, 2.24) is 9.78 Å². The van der Waals surface area contributed by atoms with E-state index in [2.05, 4.69) is 5.10 Å². The molecule has 1 aromatic rings. The maximum atomic E-state index is 11.7. The summed E-state index contributed by atoms with van der Waals surface area (Å²) in [7, 11) is 1.86. The van der Waals surface area contributed by atoms with Crippen molar-refractivity contribution >= 4 is 5.78 Å². The predicted molar refractivity (Wildman–Crippen MR) is 55.5 cm³/mol. The maximum absolute atomic E-state index is 11.7. The van der Waals surface area contributed by atoms with Crippen LogP contribution in [0.4, 0.5) is 0 Å². The Bertz CT molecular complexity index is 340. The number of hydrogen-bond donors (Lipinski definition) is 0. The molecule has 1 unspecified atom stereocenters. The van der Waals surface area contributed by atoms with Gasteiger partial charge in [-0.2, -0.15) is 5.10 Å². The predicted octanol–water partition coefficient (Wildman–Crippen LogP) is 1.10. The lowest BCUT2D eigenvalue weighted by atomic mass is 10.1. The molecule has 1 saturated heterocycles. The zero-order chi connectivity index (χ0) is 10.7. The molecule has 2 heterocycles. The molecule has 1 atom stereocenters. The van der Waals surface area contributed by atoms with Crippen LogP contribution in [-0.2, 0) is 23.0 Å². The van der Waals surface area contributed by atoms with Crippen LogP contribution < -0.4 is 0 Å². The first-order valence-corrected chi connectivity index (χ1v) is 5.35. The molecule has 0 aromatic carbocycles. The van der Waals surface area contributed by atoms with Gasteiger partial charge in [0.25, 0.3) is 0 Å². The van der Waals surface area contributed by atoms with Crippen molar-refractivity contribution < 1.29 is 9.53 Å². The van der Waals surface area contributed by atoms with Gasteiger partial charge in [-0.05, 0) is 18.4 Å². The fraction of sp³-hybridized carbons (Fsp3) is 0.636. The quantitative estimate of drug-likeness (QED) is 0.744. The van der Waals surface area contributed by atoms with Gasteiger partial charge in [-0.1, -0.05) is 0 Å². The highest BCUT2D eigenvalue weighted by Gasteiger charge is 2.19. The number of ether oxygens (including phenoxy) is 1. The molecule has 82 valence electrons. The average molecular weight is 208 g/mol.